The molecule has 0 atom stereocenters. The number of ether oxygens (including phenoxy) is 1. The lowest BCUT2D eigenvalue weighted by Crippen LogP contribution is -2.48. The number of rotatable bonds is 7. The van der Waals surface area contributed by atoms with E-state index < -0.39 is 0 Å². The number of hydrogen-bond donors (Lipinski definition) is 2. The predicted octanol–water partition coefficient (Wildman–Crippen LogP) is 2.77. The molecule has 6 heteroatoms. The molecule has 6 nitrogen and oxygen atoms in total. The molecule has 0 bridgehead atoms. The molecule has 0 saturated carbocycles. The Bertz CT molecular complexity index is 784. The van der Waals surface area contributed by atoms with Crippen LogP contribution in [0.4, 0.5) is 0 Å². The molecule has 1 aliphatic heterocycles. The lowest BCUT2D eigenvalue weighted by molar-refractivity contribution is -0.133. The summed E-state index contributed by atoms with van der Waals surface area (Å²) in [5.74, 6) is 1.05. The number of aromatic hydroxyl groups is 2. The van der Waals surface area contributed by atoms with Crippen molar-refractivity contribution in [2.45, 2.75) is 26.3 Å². The fourth-order valence-electron chi connectivity index (χ4n) is 3.43. The van der Waals surface area contributed by atoms with Crippen LogP contribution in [0.1, 0.15) is 24.5 Å². The normalized spacial score (nSPS) is 14.8. The SMILES string of the molecule is CCOc1ccc(CN2CCN(C(=O)CCc3ccc(O)cc3O)CC2)cc1. The molecule has 2 aromatic rings. The summed E-state index contributed by atoms with van der Waals surface area (Å²) in [5.41, 5.74) is 1.92. The molecule has 2 N–H and O–H groups in total. The Morgan fingerprint density at radius 3 is 2.39 bits per heavy atom. The highest BCUT2D eigenvalue weighted by molar-refractivity contribution is 5.76. The molecule has 1 aliphatic rings. The largest absolute Gasteiger partial charge is 0.508 e. The van der Waals surface area contributed by atoms with E-state index in [-0.39, 0.29) is 17.4 Å². The second-order valence-corrected chi connectivity index (χ2v) is 7.05. The van der Waals surface area contributed by atoms with Crippen LogP contribution >= 0.6 is 0 Å². The maximum atomic E-state index is 12.5. The zero-order chi connectivity index (χ0) is 19.9. The van der Waals surface area contributed by atoms with Gasteiger partial charge in [-0.05, 0) is 42.7 Å². The topological polar surface area (TPSA) is 73.2 Å². The summed E-state index contributed by atoms with van der Waals surface area (Å²) in [6.07, 6.45) is 0.828. The van der Waals surface area contributed by atoms with Crippen LogP contribution in [-0.4, -0.2) is 58.7 Å². The number of carbonyl (C=O) groups excluding carboxylic acids is 1. The zero-order valence-electron chi connectivity index (χ0n) is 16.3. The van der Waals surface area contributed by atoms with Crippen LogP contribution in [-0.2, 0) is 17.8 Å². The maximum absolute atomic E-state index is 12.5. The molecule has 0 radical (unpaired) electrons. The number of amides is 1. The van der Waals surface area contributed by atoms with E-state index in [4.69, 9.17) is 4.74 Å². The summed E-state index contributed by atoms with van der Waals surface area (Å²) in [6.45, 7) is 6.65. The Balaban J connectivity index is 1.43. The first kappa shape index (κ1) is 20.0. The predicted molar refractivity (Wildman–Crippen MR) is 108 cm³/mol. The molecule has 1 amide bonds. The smallest absolute Gasteiger partial charge is 0.222 e. The molecule has 0 aromatic heterocycles. The second-order valence-electron chi connectivity index (χ2n) is 7.05. The highest BCUT2D eigenvalue weighted by atomic mass is 16.5. The first-order valence-electron chi connectivity index (χ1n) is 9.78. The van der Waals surface area contributed by atoms with Gasteiger partial charge in [0.1, 0.15) is 17.2 Å². The number of nitrogens with zero attached hydrogens (tertiary/aromatic N) is 2. The average molecular weight is 384 g/mol. The van der Waals surface area contributed by atoms with Crippen molar-refractivity contribution in [2.75, 3.05) is 32.8 Å². The van der Waals surface area contributed by atoms with E-state index in [9.17, 15) is 15.0 Å². The number of aryl methyl sites for hydroxylation is 1. The van der Waals surface area contributed by atoms with Crippen molar-refractivity contribution in [1.29, 1.82) is 0 Å². The summed E-state index contributed by atoms with van der Waals surface area (Å²) in [7, 11) is 0. The monoisotopic (exact) mass is 384 g/mol. The molecule has 1 fully saturated rings. The number of piperazine rings is 1. The quantitative estimate of drug-likeness (QED) is 0.768. The third-order valence-electron chi connectivity index (χ3n) is 5.04. The highest BCUT2D eigenvalue weighted by Gasteiger charge is 2.21. The van der Waals surface area contributed by atoms with Crippen LogP contribution in [0.2, 0.25) is 0 Å². The first-order chi connectivity index (χ1) is 13.5. The van der Waals surface area contributed by atoms with E-state index in [0.717, 1.165) is 38.5 Å². The van der Waals surface area contributed by atoms with Crippen LogP contribution in [0.5, 0.6) is 17.2 Å². The molecular weight excluding hydrogens is 356 g/mol. The molecule has 0 aliphatic carbocycles. The van der Waals surface area contributed by atoms with Crippen LogP contribution in [0.25, 0.3) is 0 Å². The van der Waals surface area contributed by atoms with E-state index in [1.165, 1.54) is 17.7 Å². The lowest BCUT2D eigenvalue weighted by atomic mass is 10.1. The summed E-state index contributed by atoms with van der Waals surface area (Å²) < 4.78 is 5.47. The van der Waals surface area contributed by atoms with Crippen LogP contribution in [0.3, 0.4) is 0 Å². The molecule has 3 rings (SSSR count). The third kappa shape index (κ3) is 5.39. The van der Waals surface area contributed by atoms with Gasteiger partial charge in [-0.25, -0.2) is 0 Å². The van der Waals surface area contributed by atoms with Crippen molar-refractivity contribution in [3.8, 4) is 17.2 Å². The zero-order valence-corrected chi connectivity index (χ0v) is 16.3. The van der Waals surface area contributed by atoms with Gasteiger partial charge in [-0.1, -0.05) is 18.2 Å². The van der Waals surface area contributed by atoms with E-state index >= 15 is 0 Å². The van der Waals surface area contributed by atoms with Gasteiger partial charge < -0.3 is 19.8 Å². The molecule has 0 unspecified atom stereocenters. The van der Waals surface area contributed by atoms with Gasteiger partial charge in [0.25, 0.3) is 0 Å². The maximum Gasteiger partial charge on any atom is 0.222 e. The Kier molecular flexibility index (Phi) is 6.76. The summed E-state index contributed by atoms with van der Waals surface area (Å²) in [5, 5.41) is 19.2. The minimum absolute atomic E-state index is 0.0243. The number of carbonyl (C=O) groups is 1. The first-order valence-corrected chi connectivity index (χ1v) is 9.78. The molecule has 1 heterocycles. The van der Waals surface area contributed by atoms with Crippen molar-refractivity contribution in [2.24, 2.45) is 0 Å². The van der Waals surface area contributed by atoms with Gasteiger partial charge in [-0.2, -0.15) is 0 Å². The van der Waals surface area contributed by atoms with E-state index in [1.807, 2.05) is 24.0 Å². The number of phenolic OH excluding ortho intramolecular Hbond substituents is 2. The minimum atomic E-state index is 0.0243. The van der Waals surface area contributed by atoms with Gasteiger partial charge >= 0.3 is 0 Å². The third-order valence-corrected chi connectivity index (χ3v) is 5.04. The number of benzene rings is 2. The van der Waals surface area contributed by atoms with Gasteiger partial charge in [0, 0.05) is 45.2 Å². The van der Waals surface area contributed by atoms with Gasteiger partial charge in [0.15, 0.2) is 0 Å². The average Bonchev–Trinajstić information content (AvgIpc) is 2.69. The van der Waals surface area contributed by atoms with Crippen molar-refractivity contribution in [1.82, 2.24) is 9.80 Å². The second kappa shape index (κ2) is 9.46. The van der Waals surface area contributed by atoms with Gasteiger partial charge in [0.2, 0.25) is 5.91 Å². The minimum Gasteiger partial charge on any atom is -0.508 e. The molecule has 1 saturated heterocycles. The molecule has 150 valence electrons. The summed E-state index contributed by atoms with van der Waals surface area (Å²) in [4.78, 5) is 16.7. The van der Waals surface area contributed by atoms with Crippen LogP contribution in [0.15, 0.2) is 42.5 Å². The van der Waals surface area contributed by atoms with Crippen molar-refractivity contribution >= 4 is 5.91 Å². The molecule has 0 spiro atoms. The molecule has 2 aromatic carbocycles. The molecule has 28 heavy (non-hydrogen) atoms. The van der Waals surface area contributed by atoms with Gasteiger partial charge in [-0.15, -0.1) is 0 Å². The Labute approximate surface area is 166 Å². The summed E-state index contributed by atoms with van der Waals surface area (Å²) >= 11 is 0. The number of hydrogen-bond acceptors (Lipinski definition) is 5. The van der Waals surface area contributed by atoms with Crippen LogP contribution in [0, 0.1) is 0 Å². The van der Waals surface area contributed by atoms with Crippen LogP contribution < -0.4 is 4.74 Å². The Hall–Kier alpha value is -2.73. The fraction of sp³-hybridized carbons (Fsp3) is 0.409. The van der Waals surface area contributed by atoms with E-state index in [0.29, 0.717) is 25.0 Å². The van der Waals surface area contributed by atoms with Crippen molar-refractivity contribution in [3.63, 3.8) is 0 Å². The highest BCUT2D eigenvalue weighted by Crippen LogP contribution is 2.24. The standard InChI is InChI=1S/C22H28N2O4/c1-2-28-20-8-3-17(4-9-20)16-23-11-13-24(14-12-23)22(27)10-6-18-5-7-19(25)15-21(18)26/h3-5,7-9,15,25-26H,2,6,10-14,16H2,1H3. The van der Waals surface area contributed by atoms with Gasteiger partial charge in [-0.3, -0.25) is 9.69 Å². The Morgan fingerprint density at radius 1 is 1.04 bits per heavy atom. The molecular formula is C22H28N2O4. The van der Waals surface area contributed by atoms with Crippen molar-refractivity contribution in [3.05, 3.63) is 53.6 Å². The van der Waals surface area contributed by atoms with Crippen molar-refractivity contribution < 1.29 is 19.7 Å². The summed E-state index contributed by atoms with van der Waals surface area (Å²) in [6, 6.07) is 12.7. The lowest BCUT2D eigenvalue weighted by Gasteiger charge is -2.35. The number of phenols is 2. The van der Waals surface area contributed by atoms with E-state index in [1.54, 1.807) is 6.07 Å². The fourth-order valence-corrected chi connectivity index (χ4v) is 3.43. The van der Waals surface area contributed by atoms with E-state index in [2.05, 4.69) is 17.0 Å². The van der Waals surface area contributed by atoms with Gasteiger partial charge in [0.05, 0.1) is 6.61 Å². The Morgan fingerprint density at radius 2 is 1.75 bits per heavy atom.